The van der Waals surface area contributed by atoms with Gasteiger partial charge in [-0.2, -0.15) is 0 Å². The highest BCUT2D eigenvalue weighted by molar-refractivity contribution is 5.85. The van der Waals surface area contributed by atoms with Crippen molar-refractivity contribution in [3.05, 3.63) is 35.9 Å². The molecule has 0 aromatic heterocycles. The number of nitrogens with zero attached hydrogens (tertiary/aromatic N) is 1. The van der Waals surface area contributed by atoms with Gasteiger partial charge in [0.1, 0.15) is 0 Å². The summed E-state index contributed by atoms with van der Waals surface area (Å²) in [5.41, 5.74) is 2.07. The molecule has 3 nitrogen and oxygen atoms in total. The van der Waals surface area contributed by atoms with Crippen LogP contribution < -0.4 is 4.90 Å². The summed E-state index contributed by atoms with van der Waals surface area (Å²) in [6.07, 6.45) is 2.74. The molecular weight excluding hydrogens is 202 g/mol. The van der Waals surface area contributed by atoms with Crippen LogP contribution >= 0.6 is 0 Å². The molecule has 1 N–H and O–H groups in total. The van der Waals surface area contributed by atoms with Crippen molar-refractivity contribution >= 4 is 17.7 Å². The lowest BCUT2D eigenvalue weighted by Crippen LogP contribution is -2.21. The molecule has 0 saturated heterocycles. The Morgan fingerprint density at radius 1 is 1.25 bits per heavy atom. The van der Waals surface area contributed by atoms with E-state index in [0.29, 0.717) is 0 Å². The van der Waals surface area contributed by atoms with Crippen LogP contribution in [0, 0.1) is 0 Å². The molecular formula is C13H17NO2. The predicted octanol–water partition coefficient (Wildman–Crippen LogP) is 2.63. The Bertz CT molecular complexity index is 364. The second-order valence-corrected chi connectivity index (χ2v) is 3.44. The van der Waals surface area contributed by atoms with E-state index in [2.05, 4.69) is 18.7 Å². The van der Waals surface area contributed by atoms with E-state index >= 15 is 0 Å². The first-order chi connectivity index (χ1) is 7.67. The van der Waals surface area contributed by atoms with Crippen molar-refractivity contribution in [2.24, 2.45) is 0 Å². The molecule has 0 aliphatic rings. The summed E-state index contributed by atoms with van der Waals surface area (Å²) in [5.74, 6) is -0.923. The minimum absolute atomic E-state index is 0.901. The van der Waals surface area contributed by atoms with Gasteiger partial charge in [0.2, 0.25) is 0 Å². The fraction of sp³-hybridized carbons (Fsp3) is 0.308. The number of carbonyl (C=O) groups is 1. The molecule has 0 atom stereocenters. The normalized spacial score (nSPS) is 10.6. The van der Waals surface area contributed by atoms with E-state index in [-0.39, 0.29) is 0 Å². The van der Waals surface area contributed by atoms with Gasteiger partial charge in [0, 0.05) is 24.9 Å². The summed E-state index contributed by atoms with van der Waals surface area (Å²) in [6, 6.07) is 7.86. The third-order valence-corrected chi connectivity index (χ3v) is 2.44. The van der Waals surface area contributed by atoms with Crippen LogP contribution in [-0.4, -0.2) is 24.2 Å². The molecule has 1 rings (SSSR count). The number of rotatable bonds is 5. The lowest BCUT2D eigenvalue weighted by molar-refractivity contribution is -0.131. The van der Waals surface area contributed by atoms with Crippen LogP contribution in [0.3, 0.4) is 0 Å². The number of aliphatic carboxylic acids is 1. The van der Waals surface area contributed by atoms with Gasteiger partial charge in [0.15, 0.2) is 0 Å². The maximum Gasteiger partial charge on any atom is 0.328 e. The average Bonchev–Trinajstić information content (AvgIpc) is 2.29. The van der Waals surface area contributed by atoms with E-state index in [9.17, 15) is 4.79 Å². The monoisotopic (exact) mass is 219 g/mol. The Kier molecular flexibility index (Phi) is 4.58. The molecule has 0 fully saturated rings. The Balaban J connectivity index is 2.78. The van der Waals surface area contributed by atoms with Crippen LogP contribution in [0.4, 0.5) is 5.69 Å². The van der Waals surface area contributed by atoms with E-state index in [1.165, 1.54) is 0 Å². The maximum absolute atomic E-state index is 10.3. The fourth-order valence-corrected chi connectivity index (χ4v) is 1.55. The molecule has 0 aliphatic heterocycles. The molecule has 0 spiro atoms. The van der Waals surface area contributed by atoms with Crippen molar-refractivity contribution < 1.29 is 9.90 Å². The van der Waals surface area contributed by atoms with E-state index in [1.54, 1.807) is 6.08 Å². The Hall–Kier alpha value is -1.77. The first-order valence-electron chi connectivity index (χ1n) is 5.43. The fourth-order valence-electron chi connectivity index (χ4n) is 1.55. The van der Waals surface area contributed by atoms with Gasteiger partial charge in [-0.3, -0.25) is 0 Å². The minimum Gasteiger partial charge on any atom is -0.478 e. The van der Waals surface area contributed by atoms with Gasteiger partial charge in [-0.1, -0.05) is 12.1 Å². The molecule has 0 unspecified atom stereocenters. The zero-order chi connectivity index (χ0) is 12.0. The molecule has 0 aliphatic carbocycles. The number of carboxylic acids is 1. The molecule has 1 aromatic carbocycles. The number of carboxylic acid groups (broad SMARTS) is 1. The van der Waals surface area contributed by atoms with E-state index in [1.807, 2.05) is 24.3 Å². The van der Waals surface area contributed by atoms with Gasteiger partial charge in [-0.25, -0.2) is 4.79 Å². The predicted molar refractivity (Wildman–Crippen MR) is 66.7 cm³/mol. The first-order valence-corrected chi connectivity index (χ1v) is 5.43. The summed E-state index contributed by atoms with van der Waals surface area (Å²) in [4.78, 5) is 12.6. The molecule has 1 aromatic rings. The van der Waals surface area contributed by atoms with Crippen LogP contribution in [-0.2, 0) is 4.79 Å². The van der Waals surface area contributed by atoms with Crippen molar-refractivity contribution in [2.45, 2.75) is 13.8 Å². The zero-order valence-corrected chi connectivity index (χ0v) is 9.68. The zero-order valence-electron chi connectivity index (χ0n) is 9.68. The first kappa shape index (κ1) is 12.3. The topological polar surface area (TPSA) is 40.5 Å². The molecule has 0 amide bonds. The van der Waals surface area contributed by atoms with Crippen LogP contribution in [0.5, 0.6) is 0 Å². The van der Waals surface area contributed by atoms with Crippen molar-refractivity contribution in [2.75, 3.05) is 18.0 Å². The molecule has 86 valence electrons. The molecule has 3 heteroatoms. The summed E-state index contributed by atoms with van der Waals surface area (Å²) in [6.45, 7) is 6.17. The van der Waals surface area contributed by atoms with Crippen LogP contribution in [0.1, 0.15) is 19.4 Å². The van der Waals surface area contributed by atoms with Gasteiger partial charge in [0.05, 0.1) is 0 Å². The van der Waals surface area contributed by atoms with Crippen LogP contribution in [0.2, 0.25) is 0 Å². The second-order valence-electron chi connectivity index (χ2n) is 3.44. The minimum atomic E-state index is -0.923. The number of hydrogen-bond acceptors (Lipinski definition) is 2. The maximum atomic E-state index is 10.3. The molecule has 0 radical (unpaired) electrons. The third-order valence-electron chi connectivity index (χ3n) is 2.44. The van der Waals surface area contributed by atoms with Crippen LogP contribution in [0.15, 0.2) is 30.3 Å². The lowest BCUT2D eigenvalue weighted by Gasteiger charge is -2.20. The number of hydrogen-bond donors (Lipinski definition) is 1. The van der Waals surface area contributed by atoms with Gasteiger partial charge < -0.3 is 10.0 Å². The molecule has 16 heavy (non-hydrogen) atoms. The molecule has 0 bridgehead atoms. The largest absolute Gasteiger partial charge is 0.478 e. The summed E-state index contributed by atoms with van der Waals surface area (Å²) >= 11 is 0. The summed E-state index contributed by atoms with van der Waals surface area (Å²) < 4.78 is 0. The molecule has 0 saturated carbocycles. The average molecular weight is 219 g/mol. The highest BCUT2D eigenvalue weighted by Crippen LogP contribution is 2.15. The Morgan fingerprint density at radius 2 is 1.81 bits per heavy atom. The SMILES string of the molecule is CCN(CC)c1ccc(/C=C/C(=O)O)cc1. The summed E-state index contributed by atoms with van der Waals surface area (Å²) in [7, 11) is 0. The molecule has 0 heterocycles. The van der Waals surface area contributed by atoms with Crippen molar-refractivity contribution in [1.82, 2.24) is 0 Å². The van der Waals surface area contributed by atoms with Gasteiger partial charge in [-0.05, 0) is 37.6 Å². The third kappa shape index (κ3) is 3.42. The standard InChI is InChI=1S/C13H17NO2/c1-3-14(4-2)12-8-5-11(6-9-12)7-10-13(15)16/h5-10H,3-4H2,1-2H3,(H,15,16)/b10-7+. The highest BCUT2D eigenvalue weighted by Gasteiger charge is 2.00. The van der Waals surface area contributed by atoms with Crippen molar-refractivity contribution in [1.29, 1.82) is 0 Å². The quantitative estimate of drug-likeness (QED) is 0.774. The summed E-state index contributed by atoms with van der Waals surface area (Å²) in [5, 5.41) is 8.50. The van der Waals surface area contributed by atoms with Crippen molar-refractivity contribution in [3.8, 4) is 0 Å². The number of benzene rings is 1. The number of anilines is 1. The second kappa shape index (κ2) is 5.95. The lowest BCUT2D eigenvalue weighted by atomic mass is 10.2. The highest BCUT2D eigenvalue weighted by atomic mass is 16.4. The Labute approximate surface area is 96.0 Å². The van der Waals surface area contributed by atoms with Crippen molar-refractivity contribution in [3.63, 3.8) is 0 Å². The van der Waals surface area contributed by atoms with Gasteiger partial charge in [-0.15, -0.1) is 0 Å². The van der Waals surface area contributed by atoms with E-state index < -0.39 is 5.97 Å². The van der Waals surface area contributed by atoms with E-state index in [4.69, 9.17) is 5.11 Å². The smallest absolute Gasteiger partial charge is 0.328 e. The Morgan fingerprint density at radius 3 is 2.25 bits per heavy atom. The van der Waals surface area contributed by atoms with Gasteiger partial charge in [0.25, 0.3) is 0 Å². The van der Waals surface area contributed by atoms with E-state index in [0.717, 1.165) is 30.4 Å². The van der Waals surface area contributed by atoms with Crippen LogP contribution in [0.25, 0.3) is 6.08 Å². The van der Waals surface area contributed by atoms with Gasteiger partial charge >= 0.3 is 5.97 Å².